The summed E-state index contributed by atoms with van der Waals surface area (Å²) >= 11 is 0. The van der Waals surface area contributed by atoms with E-state index < -0.39 is 0 Å². The lowest BCUT2D eigenvalue weighted by molar-refractivity contribution is 0.590. The first-order chi connectivity index (χ1) is 19.4. The molecule has 1 aliphatic heterocycles. The Bertz CT molecular complexity index is 1090. The third kappa shape index (κ3) is 15.4. The maximum Gasteiger partial charge on any atom is 0.0523 e. The Labute approximate surface area is 254 Å². The summed E-state index contributed by atoms with van der Waals surface area (Å²) in [7, 11) is 0. The minimum Gasteiger partial charge on any atom is -0.360 e. The van der Waals surface area contributed by atoms with Gasteiger partial charge in [-0.15, -0.1) is 6.58 Å². The van der Waals surface area contributed by atoms with Gasteiger partial charge >= 0.3 is 0 Å². The summed E-state index contributed by atoms with van der Waals surface area (Å²) in [6.07, 6.45) is 10.2. The van der Waals surface area contributed by atoms with Crippen molar-refractivity contribution in [1.82, 2.24) is 0 Å². The SMILES string of the molecule is C=C(C)Nc1ccc(C2=C(C)N=C(c3ccc(C(C)(C)C)cc3)C2)cc1.C=C(CCC)CCC.C=CC.CCCC. The average molecular weight is 557 g/mol. The van der Waals surface area contributed by atoms with Crippen molar-refractivity contribution in [2.75, 3.05) is 5.32 Å². The molecule has 0 saturated heterocycles. The second kappa shape index (κ2) is 20.7. The number of nitrogens with zero attached hydrogens (tertiary/aromatic N) is 1. The molecule has 3 rings (SSSR count). The number of rotatable bonds is 9. The predicted molar refractivity (Wildman–Crippen MR) is 189 cm³/mol. The van der Waals surface area contributed by atoms with Crippen LogP contribution in [0.4, 0.5) is 5.69 Å². The van der Waals surface area contributed by atoms with E-state index in [1.54, 1.807) is 6.08 Å². The molecular formula is C39H60N2. The van der Waals surface area contributed by atoms with E-state index in [1.807, 2.05) is 13.8 Å². The molecule has 0 unspecified atom stereocenters. The lowest BCUT2D eigenvalue weighted by Crippen LogP contribution is -2.11. The van der Waals surface area contributed by atoms with Gasteiger partial charge in [-0.25, -0.2) is 0 Å². The van der Waals surface area contributed by atoms with Crippen LogP contribution in [-0.2, 0) is 5.41 Å². The molecule has 0 radical (unpaired) electrons. The zero-order chi connectivity index (χ0) is 31.4. The van der Waals surface area contributed by atoms with Gasteiger partial charge in [0.1, 0.15) is 0 Å². The van der Waals surface area contributed by atoms with Crippen LogP contribution in [0.3, 0.4) is 0 Å². The van der Waals surface area contributed by atoms with E-state index in [1.165, 1.54) is 66.4 Å². The largest absolute Gasteiger partial charge is 0.360 e. The van der Waals surface area contributed by atoms with Crippen LogP contribution in [0, 0.1) is 0 Å². The maximum atomic E-state index is 4.85. The Morgan fingerprint density at radius 2 is 1.29 bits per heavy atom. The van der Waals surface area contributed by atoms with E-state index in [-0.39, 0.29) is 5.41 Å². The first-order valence-corrected chi connectivity index (χ1v) is 15.5. The average Bonchev–Trinajstić information content (AvgIpc) is 3.31. The fraction of sp³-hybridized carbons (Fsp3) is 0.462. The first-order valence-electron chi connectivity index (χ1n) is 15.5. The Kier molecular flexibility index (Phi) is 19.1. The number of anilines is 1. The molecule has 2 heteroatoms. The van der Waals surface area contributed by atoms with Crippen molar-refractivity contribution in [3.8, 4) is 0 Å². The van der Waals surface area contributed by atoms with Crippen molar-refractivity contribution in [3.63, 3.8) is 0 Å². The van der Waals surface area contributed by atoms with E-state index >= 15 is 0 Å². The van der Waals surface area contributed by atoms with E-state index in [2.05, 4.69) is 129 Å². The van der Waals surface area contributed by atoms with Crippen LogP contribution in [0.5, 0.6) is 0 Å². The summed E-state index contributed by atoms with van der Waals surface area (Å²) in [6.45, 7) is 32.6. The van der Waals surface area contributed by atoms with Crippen molar-refractivity contribution < 1.29 is 0 Å². The molecule has 0 aliphatic carbocycles. The van der Waals surface area contributed by atoms with Gasteiger partial charge in [0, 0.05) is 23.5 Å². The zero-order valence-electron chi connectivity index (χ0n) is 28.2. The molecule has 1 aliphatic rings. The maximum absolute atomic E-state index is 4.85. The summed E-state index contributed by atoms with van der Waals surface area (Å²) < 4.78 is 0. The molecule has 1 heterocycles. The third-order valence-corrected chi connectivity index (χ3v) is 6.47. The topological polar surface area (TPSA) is 24.4 Å². The van der Waals surface area contributed by atoms with Crippen molar-refractivity contribution >= 4 is 17.0 Å². The Hall–Kier alpha value is -3.13. The Morgan fingerprint density at radius 3 is 1.68 bits per heavy atom. The number of hydrogen-bond donors (Lipinski definition) is 1. The highest BCUT2D eigenvalue weighted by Gasteiger charge is 2.19. The normalized spacial score (nSPS) is 12.0. The monoisotopic (exact) mass is 556 g/mol. The molecule has 2 aromatic rings. The van der Waals surface area contributed by atoms with Crippen LogP contribution < -0.4 is 5.32 Å². The molecule has 0 fully saturated rings. The van der Waals surface area contributed by atoms with Gasteiger partial charge in [-0.3, -0.25) is 4.99 Å². The van der Waals surface area contributed by atoms with Crippen molar-refractivity contribution in [1.29, 1.82) is 0 Å². The van der Waals surface area contributed by atoms with Gasteiger partial charge in [0.05, 0.1) is 5.71 Å². The molecule has 0 atom stereocenters. The highest BCUT2D eigenvalue weighted by atomic mass is 14.9. The van der Waals surface area contributed by atoms with E-state index in [4.69, 9.17) is 4.99 Å². The lowest BCUT2D eigenvalue weighted by atomic mass is 9.86. The number of aliphatic imine (C=N–C) groups is 1. The fourth-order valence-corrected chi connectivity index (χ4v) is 4.08. The number of allylic oxidation sites excluding steroid dienone is 5. The molecule has 0 amide bonds. The van der Waals surface area contributed by atoms with Crippen LogP contribution in [0.15, 0.2) is 96.3 Å². The predicted octanol–water partition coefficient (Wildman–Crippen LogP) is 12.7. The van der Waals surface area contributed by atoms with Gasteiger partial charge in [0.25, 0.3) is 0 Å². The summed E-state index contributed by atoms with van der Waals surface area (Å²) in [5, 5.41) is 3.25. The smallest absolute Gasteiger partial charge is 0.0523 e. The second-order valence-corrected chi connectivity index (χ2v) is 11.8. The van der Waals surface area contributed by atoms with Crippen LogP contribution >= 0.6 is 0 Å². The van der Waals surface area contributed by atoms with Gasteiger partial charge in [-0.05, 0) is 73.4 Å². The lowest BCUT2D eigenvalue weighted by Gasteiger charge is -2.19. The molecule has 226 valence electrons. The number of hydrogen-bond acceptors (Lipinski definition) is 2. The van der Waals surface area contributed by atoms with Crippen molar-refractivity contribution in [2.45, 2.75) is 120 Å². The van der Waals surface area contributed by atoms with Crippen LogP contribution in [0.25, 0.3) is 5.57 Å². The molecule has 2 nitrogen and oxygen atoms in total. The van der Waals surface area contributed by atoms with E-state index in [0.717, 1.165) is 29.2 Å². The number of unbranched alkanes of at least 4 members (excludes halogenated alkanes) is 1. The summed E-state index contributed by atoms with van der Waals surface area (Å²) in [5.74, 6) is 0. The van der Waals surface area contributed by atoms with Gasteiger partial charge in [-0.2, -0.15) is 0 Å². The standard InChI is InChI=1S/C24H28N2.C8H16.C4H10.C3H6/c1-16(2)25-21-13-9-18(10-14-21)22-15-23(26-17(22)3)19-7-11-20(12-8-19)24(4,5)6;1-4-6-8(3)7-5-2;1-3-4-2;1-3-2/h7-14,25H,1,15H2,2-6H3;3-7H2,1-2H3;3-4H2,1-2H3;3H,1H2,2H3. The molecular weight excluding hydrogens is 496 g/mol. The highest BCUT2D eigenvalue weighted by molar-refractivity contribution is 6.10. The van der Waals surface area contributed by atoms with Crippen LogP contribution in [-0.4, -0.2) is 5.71 Å². The van der Waals surface area contributed by atoms with Crippen LogP contribution in [0.1, 0.15) is 131 Å². The first kappa shape index (κ1) is 37.9. The Balaban J connectivity index is 0.000000885. The third-order valence-electron chi connectivity index (χ3n) is 6.47. The van der Waals surface area contributed by atoms with Crippen molar-refractivity contribution in [2.24, 2.45) is 4.99 Å². The molecule has 0 saturated carbocycles. The van der Waals surface area contributed by atoms with E-state index in [9.17, 15) is 0 Å². The van der Waals surface area contributed by atoms with E-state index in [0.29, 0.717) is 0 Å². The summed E-state index contributed by atoms with van der Waals surface area (Å²) in [6, 6.07) is 17.4. The fourth-order valence-electron chi connectivity index (χ4n) is 4.08. The molecule has 0 spiro atoms. The molecule has 0 aromatic heterocycles. The summed E-state index contributed by atoms with van der Waals surface area (Å²) in [5.41, 5.74) is 11.0. The van der Waals surface area contributed by atoms with Gasteiger partial charge in [-0.1, -0.05) is 135 Å². The van der Waals surface area contributed by atoms with Gasteiger partial charge in [0.15, 0.2) is 0 Å². The minimum atomic E-state index is 0.176. The summed E-state index contributed by atoms with van der Waals surface area (Å²) in [4.78, 5) is 4.85. The molecule has 0 bridgehead atoms. The minimum absolute atomic E-state index is 0.176. The highest BCUT2D eigenvalue weighted by Crippen LogP contribution is 2.32. The molecule has 2 aromatic carbocycles. The quantitative estimate of drug-likeness (QED) is 0.305. The number of nitrogens with one attached hydrogen (secondary N) is 1. The molecule has 1 N–H and O–H groups in total. The van der Waals surface area contributed by atoms with Gasteiger partial charge < -0.3 is 5.32 Å². The number of benzene rings is 2. The van der Waals surface area contributed by atoms with Gasteiger partial charge in [0.2, 0.25) is 0 Å². The zero-order valence-corrected chi connectivity index (χ0v) is 28.2. The Morgan fingerprint density at radius 1 is 0.829 bits per heavy atom. The van der Waals surface area contributed by atoms with Crippen molar-refractivity contribution in [3.05, 3.63) is 108 Å². The van der Waals surface area contributed by atoms with Crippen LogP contribution in [0.2, 0.25) is 0 Å². The second-order valence-electron chi connectivity index (χ2n) is 11.8. The molecule has 41 heavy (non-hydrogen) atoms.